The number of para-hydroxylation sites is 1. The lowest BCUT2D eigenvalue weighted by Gasteiger charge is -2.17. The normalized spacial score (nSPS) is 12.9. The number of rotatable bonds is 5. The molecule has 0 saturated carbocycles. The number of carboxylic acids is 1. The van der Waals surface area contributed by atoms with E-state index in [2.05, 4.69) is 5.10 Å². The molecule has 2 aromatic rings. The van der Waals surface area contributed by atoms with Crippen molar-refractivity contribution < 1.29 is 14.7 Å². The van der Waals surface area contributed by atoms with Crippen LogP contribution in [-0.4, -0.2) is 44.8 Å². The van der Waals surface area contributed by atoms with E-state index in [1.165, 1.54) is 4.90 Å². The standard InChI is InChI=1S/C18H21N3O3/c1-3-20(11-16(22)23)18(24)17-13-8-6-10-15(13)21(19-17)14-9-5-4-7-12(14)2/h4-5,7,9H,3,6,8,10-11H2,1-2H3,(H,22,23). The Morgan fingerprint density at radius 1 is 1.29 bits per heavy atom. The largest absolute Gasteiger partial charge is 0.480 e. The lowest BCUT2D eigenvalue weighted by molar-refractivity contribution is -0.137. The molecule has 1 aliphatic rings. The quantitative estimate of drug-likeness (QED) is 0.913. The molecule has 0 unspecified atom stereocenters. The van der Waals surface area contributed by atoms with Gasteiger partial charge in [-0.2, -0.15) is 5.10 Å². The van der Waals surface area contributed by atoms with Crippen LogP contribution in [0.4, 0.5) is 0 Å². The number of aliphatic carboxylic acids is 1. The minimum atomic E-state index is -1.01. The molecule has 0 saturated heterocycles. The zero-order valence-corrected chi connectivity index (χ0v) is 14.0. The number of aryl methyl sites for hydroxylation is 1. The number of carbonyl (C=O) groups excluding carboxylic acids is 1. The molecule has 1 aromatic carbocycles. The Kier molecular flexibility index (Phi) is 4.38. The van der Waals surface area contributed by atoms with E-state index in [4.69, 9.17) is 5.11 Å². The van der Waals surface area contributed by atoms with Gasteiger partial charge >= 0.3 is 5.97 Å². The summed E-state index contributed by atoms with van der Waals surface area (Å²) in [6.07, 6.45) is 2.69. The number of carboxylic acid groups (broad SMARTS) is 1. The minimum Gasteiger partial charge on any atom is -0.480 e. The van der Waals surface area contributed by atoms with Crippen LogP contribution in [0.15, 0.2) is 24.3 Å². The van der Waals surface area contributed by atoms with Gasteiger partial charge in [-0.1, -0.05) is 18.2 Å². The highest BCUT2D eigenvalue weighted by molar-refractivity contribution is 5.96. The van der Waals surface area contributed by atoms with E-state index in [9.17, 15) is 9.59 Å². The van der Waals surface area contributed by atoms with Gasteiger partial charge in [0.1, 0.15) is 6.54 Å². The second kappa shape index (κ2) is 6.47. The van der Waals surface area contributed by atoms with Crippen LogP contribution in [0.3, 0.4) is 0 Å². The number of fused-ring (bicyclic) bond motifs is 1. The highest BCUT2D eigenvalue weighted by Crippen LogP contribution is 2.29. The number of amides is 1. The molecule has 0 aliphatic heterocycles. The Morgan fingerprint density at radius 3 is 2.71 bits per heavy atom. The van der Waals surface area contributed by atoms with Gasteiger partial charge in [0, 0.05) is 17.8 Å². The first-order chi connectivity index (χ1) is 11.5. The monoisotopic (exact) mass is 327 g/mol. The van der Waals surface area contributed by atoms with Crippen molar-refractivity contribution in [2.45, 2.75) is 33.1 Å². The van der Waals surface area contributed by atoms with E-state index < -0.39 is 5.97 Å². The third-order valence-electron chi connectivity index (χ3n) is 4.47. The fourth-order valence-corrected chi connectivity index (χ4v) is 3.25. The van der Waals surface area contributed by atoms with Crippen molar-refractivity contribution in [3.8, 4) is 5.69 Å². The molecule has 1 amide bonds. The van der Waals surface area contributed by atoms with Crippen LogP contribution in [-0.2, 0) is 17.6 Å². The summed E-state index contributed by atoms with van der Waals surface area (Å²) in [5, 5.41) is 13.6. The molecule has 1 aromatic heterocycles. The number of likely N-dealkylation sites (N-methyl/N-ethyl adjacent to an activating group) is 1. The fourth-order valence-electron chi connectivity index (χ4n) is 3.25. The molecule has 3 rings (SSSR count). The van der Waals surface area contributed by atoms with Gasteiger partial charge in [0.15, 0.2) is 5.69 Å². The Hall–Kier alpha value is -2.63. The van der Waals surface area contributed by atoms with E-state index in [0.29, 0.717) is 12.2 Å². The summed E-state index contributed by atoms with van der Waals surface area (Å²) in [5.41, 5.74) is 4.49. The molecule has 1 heterocycles. The Labute approximate surface area is 140 Å². The number of hydrogen-bond acceptors (Lipinski definition) is 3. The lowest BCUT2D eigenvalue weighted by Crippen LogP contribution is -2.36. The molecule has 1 N–H and O–H groups in total. The molecule has 0 radical (unpaired) electrons. The summed E-state index contributed by atoms with van der Waals surface area (Å²) >= 11 is 0. The topological polar surface area (TPSA) is 75.4 Å². The molecule has 0 atom stereocenters. The van der Waals surface area contributed by atoms with Gasteiger partial charge in [0.2, 0.25) is 0 Å². The average Bonchev–Trinajstić information content (AvgIpc) is 3.15. The molecule has 0 fully saturated rings. The lowest BCUT2D eigenvalue weighted by atomic mass is 10.1. The molecule has 0 spiro atoms. The van der Waals surface area contributed by atoms with Crippen LogP contribution in [0, 0.1) is 6.92 Å². The predicted octanol–water partition coefficient (Wildman–Crippen LogP) is 2.22. The van der Waals surface area contributed by atoms with Crippen molar-refractivity contribution in [1.29, 1.82) is 0 Å². The van der Waals surface area contributed by atoms with Gasteiger partial charge in [0.25, 0.3) is 5.91 Å². The highest BCUT2D eigenvalue weighted by atomic mass is 16.4. The molecular formula is C18H21N3O3. The van der Waals surface area contributed by atoms with Gasteiger partial charge in [-0.15, -0.1) is 0 Å². The van der Waals surface area contributed by atoms with Crippen LogP contribution in [0.2, 0.25) is 0 Å². The van der Waals surface area contributed by atoms with Gasteiger partial charge in [0.05, 0.1) is 5.69 Å². The smallest absolute Gasteiger partial charge is 0.323 e. The molecular weight excluding hydrogens is 306 g/mol. The van der Waals surface area contributed by atoms with E-state index >= 15 is 0 Å². The average molecular weight is 327 g/mol. The zero-order chi connectivity index (χ0) is 17.3. The Bertz CT molecular complexity index is 795. The van der Waals surface area contributed by atoms with E-state index in [1.54, 1.807) is 6.92 Å². The summed E-state index contributed by atoms with van der Waals surface area (Å²) in [4.78, 5) is 25.1. The molecule has 126 valence electrons. The SMILES string of the molecule is CCN(CC(=O)O)C(=O)c1nn(-c2ccccc2C)c2c1CCC2. The Balaban J connectivity index is 2.05. The fraction of sp³-hybridized carbons (Fsp3) is 0.389. The maximum absolute atomic E-state index is 12.8. The first-order valence-corrected chi connectivity index (χ1v) is 8.20. The van der Waals surface area contributed by atoms with Crippen molar-refractivity contribution in [3.63, 3.8) is 0 Å². The van der Waals surface area contributed by atoms with Crippen molar-refractivity contribution in [2.24, 2.45) is 0 Å². The summed E-state index contributed by atoms with van der Waals surface area (Å²) < 4.78 is 1.86. The zero-order valence-electron chi connectivity index (χ0n) is 14.0. The van der Waals surface area contributed by atoms with Crippen LogP contribution >= 0.6 is 0 Å². The number of aromatic nitrogens is 2. The van der Waals surface area contributed by atoms with Crippen molar-refractivity contribution in [3.05, 3.63) is 46.8 Å². The number of carbonyl (C=O) groups is 2. The number of benzene rings is 1. The molecule has 24 heavy (non-hydrogen) atoms. The van der Waals surface area contributed by atoms with Crippen molar-refractivity contribution >= 4 is 11.9 Å². The molecule has 6 nitrogen and oxygen atoms in total. The van der Waals surface area contributed by atoms with Crippen LogP contribution < -0.4 is 0 Å². The molecule has 0 bridgehead atoms. The number of hydrogen-bond donors (Lipinski definition) is 1. The van der Waals surface area contributed by atoms with Crippen LogP contribution in [0.25, 0.3) is 5.69 Å². The van der Waals surface area contributed by atoms with Gasteiger partial charge < -0.3 is 10.0 Å². The summed E-state index contributed by atoms with van der Waals surface area (Å²) in [6, 6.07) is 7.93. The van der Waals surface area contributed by atoms with Crippen molar-refractivity contribution in [2.75, 3.05) is 13.1 Å². The van der Waals surface area contributed by atoms with Gasteiger partial charge in [-0.3, -0.25) is 9.59 Å². The first kappa shape index (κ1) is 16.2. The molecule has 1 aliphatic carbocycles. The van der Waals surface area contributed by atoms with Gasteiger partial charge in [-0.25, -0.2) is 4.68 Å². The third kappa shape index (κ3) is 2.79. The first-order valence-electron chi connectivity index (χ1n) is 8.20. The third-order valence-corrected chi connectivity index (χ3v) is 4.47. The van der Waals surface area contributed by atoms with E-state index in [-0.39, 0.29) is 12.5 Å². The second-order valence-electron chi connectivity index (χ2n) is 6.04. The molecule has 6 heteroatoms. The summed E-state index contributed by atoms with van der Waals surface area (Å²) in [6.45, 7) is 3.83. The van der Waals surface area contributed by atoms with Crippen LogP contribution in [0.5, 0.6) is 0 Å². The summed E-state index contributed by atoms with van der Waals surface area (Å²) in [5.74, 6) is -1.31. The maximum atomic E-state index is 12.8. The van der Waals surface area contributed by atoms with Crippen molar-refractivity contribution in [1.82, 2.24) is 14.7 Å². The van der Waals surface area contributed by atoms with Crippen LogP contribution in [0.1, 0.15) is 40.7 Å². The predicted molar refractivity (Wildman–Crippen MR) is 89.5 cm³/mol. The van der Waals surface area contributed by atoms with E-state index in [1.807, 2.05) is 35.9 Å². The second-order valence-corrected chi connectivity index (χ2v) is 6.04. The minimum absolute atomic E-state index is 0.301. The highest BCUT2D eigenvalue weighted by Gasteiger charge is 2.30. The maximum Gasteiger partial charge on any atom is 0.323 e. The Morgan fingerprint density at radius 2 is 2.04 bits per heavy atom. The van der Waals surface area contributed by atoms with E-state index in [0.717, 1.165) is 41.8 Å². The number of nitrogens with zero attached hydrogens (tertiary/aromatic N) is 3. The summed E-state index contributed by atoms with van der Waals surface area (Å²) in [7, 11) is 0. The van der Waals surface area contributed by atoms with Gasteiger partial charge in [-0.05, 0) is 44.7 Å².